The second kappa shape index (κ2) is 10.4. The molecule has 3 heterocycles. The van der Waals surface area contributed by atoms with Crippen LogP contribution in [0.25, 0.3) is 5.70 Å². The van der Waals surface area contributed by atoms with Gasteiger partial charge in [-0.1, -0.05) is 12.1 Å². The van der Waals surface area contributed by atoms with E-state index >= 15 is 0 Å². The smallest absolute Gasteiger partial charge is 0.136 e. The molecule has 1 N–H and O–H groups in total. The van der Waals surface area contributed by atoms with Crippen molar-refractivity contribution in [1.29, 1.82) is 0 Å². The molecule has 1 unspecified atom stereocenters. The summed E-state index contributed by atoms with van der Waals surface area (Å²) in [6.45, 7) is 2.71. The van der Waals surface area contributed by atoms with Gasteiger partial charge in [0.05, 0.1) is 32.1 Å². The first kappa shape index (κ1) is 24.3. The highest BCUT2D eigenvalue weighted by Crippen LogP contribution is 2.46. The third kappa shape index (κ3) is 4.57. The average Bonchev–Trinajstić information content (AvgIpc) is 3.16. The van der Waals surface area contributed by atoms with Gasteiger partial charge in [-0.05, 0) is 66.8 Å². The lowest BCUT2D eigenvalue weighted by molar-refractivity contribution is 0.315. The number of methoxy groups -OCH3 is 2. The monoisotopic (exact) mass is 513 g/mol. The highest BCUT2D eigenvalue weighted by molar-refractivity contribution is 6.06. The van der Waals surface area contributed by atoms with E-state index in [-0.39, 0.29) is 11.9 Å². The molecule has 0 aromatic heterocycles. The van der Waals surface area contributed by atoms with Gasteiger partial charge >= 0.3 is 0 Å². The van der Waals surface area contributed by atoms with Crippen LogP contribution in [0.2, 0.25) is 0 Å². The number of halogens is 1. The van der Waals surface area contributed by atoms with Crippen LogP contribution >= 0.6 is 0 Å². The number of aliphatic imine (C=N–C) groups is 1. The number of piperidine rings is 1. The van der Waals surface area contributed by atoms with Gasteiger partial charge in [0.15, 0.2) is 0 Å². The number of anilines is 1. The Balaban J connectivity index is 1.47. The molecule has 196 valence electrons. The van der Waals surface area contributed by atoms with Crippen molar-refractivity contribution in [3.63, 3.8) is 0 Å². The molecule has 0 amide bonds. The number of hydrogen-bond acceptors (Lipinski definition) is 6. The van der Waals surface area contributed by atoms with Crippen molar-refractivity contribution in [3.8, 4) is 17.2 Å². The maximum Gasteiger partial charge on any atom is 0.136 e. The number of fused-ring (bicyclic) bond motifs is 2. The zero-order valence-electron chi connectivity index (χ0n) is 21.8. The van der Waals surface area contributed by atoms with Gasteiger partial charge in [-0.3, -0.25) is 4.99 Å². The second-order valence-corrected chi connectivity index (χ2v) is 9.85. The fourth-order valence-electron chi connectivity index (χ4n) is 5.59. The SMILES string of the molecule is COc1cc(OC)c2c(c1)OCCC1=C2NC(c2ccc(F)cc2)=NC1c1ccc(N2CCCCC2)cc1. The Bertz CT molecular complexity index is 1380. The van der Waals surface area contributed by atoms with Gasteiger partial charge in [0.25, 0.3) is 0 Å². The molecule has 3 aliphatic rings. The summed E-state index contributed by atoms with van der Waals surface area (Å²) < 4.78 is 31.3. The minimum atomic E-state index is -0.281. The molecule has 0 saturated carbocycles. The lowest BCUT2D eigenvalue weighted by Crippen LogP contribution is -2.30. The topological polar surface area (TPSA) is 55.3 Å². The van der Waals surface area contributed by atoms with E-state index < -0.39 is 0 Å². The molecule has 38 heavy (non-hydrogen) atoms. The summed E-state index contributed by atoms with van der Waals surface area (Å²) in [6.07, 6.45) is 4.48. The molecule has 1 atom stereocenters. The van der Waals surface area contributed by atoms with E-state index in [9.17, 15) is 4.39 Å². The Morgan fingerprint density at radius 3 is 2.42 bits per heavy atom. The largest absolute Gasteiger partial charge is 0.496 e. The van der Waals surface area contributed by atoms with E-state index in [4.69, 9.17) is 19.2 Å². The maximum atomic E-state index is 13.8. The summed E-state index contributed by atoms with van der Waals surface area (Å²) in [5, 5.41) is 3.56. The molecule has 0 aliphatic carbocycles. The Hall–Kier alpha value is -4.00. The molecular weight excluding hydrogens is 481 g/mol. The van der Waals surface area contributed by atoms with Gasteiger partial charge in [-0.2, -0.15) is 0 Å². The first-order valence-electron chi connectivity index (χ1n) is 13.2. The van der Waals surface area contributed by atoms with E-state index in [1.54, 1.807) is 26.4 Å². The van der Waals surface area contributed by atoms with Crippen LogP contribution in [0.15, 0.2) is 71.2 Å². The average molecular weight is 514 g/mol. The van der Waals surface area contributed by atoms with Crippen LogP contribution in [0.1, 0.15) is 48.4 Å². The molecule has 6 rings (SSSR count). The minimum absolute atomic E-state index is 0.219. The molecule has 0 spiro atoms. The molecule has 7 heteroatoms. The summed E-state index contributed by atoms with van der Waals surface area (Å²) in [5.74, 6) is 2.41. The molecular formula is C31H32FN3O3. The van der Waals surface area contributed by atoms with Gasteiger partial charge in [-0.25, -0.2) is 4.39 Å². The molecule has 0 radical (unpaired) electrons. The molecule has 3 aromatic carbocycles. The first-order chi connectivity index (χ1) is 18.6. The minimum Gasteiger partial charge on any atom is -0.496 e. The van der Waals surface area contributed by atoms with Crippen LogP contribution in [-0.2, 0) is 0 Å². The van der Waals surface area contributed by atoms with Gasteiger partial charge < -0.3 is 24.4 Å². The van der Waals surface area contributed by atoms with Crippen LogP contribution in [0.3, 0.4) is 0 Å². The summed E-state index contributed by atoms with van der Waals surface area (Å²) in [5.41, 5.74) is 6.05. The van der Waals surface area contributed by atoms with Crippen LogP contribution < -0.4 is 24.4 Å². The quantitative estimate of drug-likeness (QED) is 0.446. The van der Waals surface area contributed by atoms with Crippen molar-refractivity contribution in [3.05, 3.63) is 88.7 Å². The van der Waals surface area contributed by atoms with Gasteiger partial charge in [0, 0.05) is 42.9 Å². The summed E-state index contributed by atoms with van der Waals surface area (Å²) in [4.78, 5) is 7.63. The van der Waals surface area contributed by atoms with Gasteiger partial charge in [0.1, 0.15) is 34.9 Å². The lowest BCUT2D eigenvalue weighted by atomic mass is 9.90. The highest BCUT2D eigenvalue weighted by atomic mass is 19.1. The Labute approximate surface area is 222 Å². The van der Waals surface area contributed by atoms with E-state index in [0.717, 1.165) is 41.1 Å². The fourth-order valence-corrected chi connectivity index (χ4v) is 5.59. The number of nitrogens with one attached hydrogen (secondary N) is 1. The summed E-state index contributed by atoms with van der Waals surface area (Å²) in [6, 6.07) is 18.8. The number of benzene rings is 3. The zero-order chi connectivity index (χ0) is 26.1. The van der Waals surface area contributed by atoms with Crippen molar-refractivity contribution in [1.82, 2.24) is 5.32 Å². The number of nitrogens with zero attached hydrogens (tertiary/aromatic N) is 2. The molecule has 3 aromatic rings. The summed E-state index contributed by atoms with van der Waals surface area (Å²) >= 11 is 0. The first-order valence-corrected chi connectivity index (χ1v) is 13.2. The molecule has 0 bridgehead atoms. The molecule has 3 aliphatic heterocycles. The van der Waals surface area contributed by atoms with Crippen molar-refractivity contribution < 1.29 is 18.6 Å². The van der Waals surface area contributed by atoms with Crippen LogP contribution in [0.4, 0.5) is 10.1 Å². The van der Waals surface area contributed by atoms with Crippen LogP contribution in [-0.4, -0.2) is 39.8 Å². The third-order valence-electron chi connectivity index (χ3n) is 7.57. The predicted octanol–water partition coefficient (Wildman–Crippen LogP) is 6.12. The standard InChI is InChI=1S/C31H32FN3O3/c1-36-24-18-26(37-2)28-27(19-24)38-17-14-25-29(20-8-12-23(13-9-20)35-15-4-3-5-16-35)33-31(34-30(25)28)21-6-10-22(32)11-7-21/h6-13,18-19,29H,3-5,14-17H2,1-2H3,(H,33,34). The van der Waals surface area contributed by atoms with E-state index in [0.29, 0.717) is 36.1 Å². The number of rotatable bonds is 5. The number of ether oxygens (including phenoxy) is 3. The number of amidine groups is 1. The van der Waals surface area contributed by atoms with E-state index in [2.05, 4.69) is 34.5 Å². The lowest BCUT2D eigenvalue weighted by Gasteiger charge is -2.30. The second-order valence-electron chi connectivity index (χ2n) is 9.85. The predicted molar refractivity (Wildman–Crippen MR) is 148 cm³/mol. The number of hydrogen-bond donors (Lipinski definition) is 1. The van der Waals surface area contributed by atoms with Gasteiger partial charge in [0.2, 0.25) is 0 Å². The van der Waals surface area contributed by atoms with Crippen molar-refractivity contribution in [2.45, 2.75) is 31.7 Å². The maximum absolute atomic E-state index is 13.8. The van der Waals surface area contributed by atoms with Crippen molar-refractivity contribution in [2.75, 3.05) is 38.8 Å². The highest BCUT2D eigenvalue weighted by Gasteiger charge is 2.32. The molecule has 6 nitrogen and oxygen atoms in total. The third-order valence-corrected chi connectivity index (χ3v) is 7.57. The zero-order valence-corrected chi connectivity index (χ0v) is 21.8. The van der Waals surface area contributed by atoms with Gasteiger partial charge in [-0.15, -0.1) is 0 Å². The van der Waals surface area contributed by atoms with Crippen molar-refractivity contribution in [2.24, 2.45) is 4.99 Å². The Morgan fingerprint density at radius 1 is 0.947 bits per heavy atom. The van der Waals surface area contributed by atoms with Crippen LogP contribution in [0.5, 0.6) is 17.2 Å². The van der Waals surface area contributed by atoms with E-state index in [1.165, 1.54) is 37.1 Å². The van der Waals surface area contributed by atoms with E-state index in [1.807, 2.05) is 12.1 Å². The Morgan fingerprint density at radius 2 is 1.71 bits per heavy atom. The normalized spacial score (nSPS) is 18.9. The van der Waals surface area contributed by atoms with Crippen molar-refractivity contribution >= 4 is 17.2 Å². The summed E-state index contributed by atoms with van der Waals surface area (Å²) in [7, 11) is 3.28. The van der Waals surface area contributed by atoms with Crippen LogP contribution in [0, 0.1) is 5.82 Å². The molecule has 1 fully saturated rings. The molecule has 1 saturated heterocycles. The Kier molecular flexibility index (Phi) is 6.66. The fraction of sp³-hybridized carbons (Fsp3) is 0.323.